The van der Waals surface area contributed by atoms with Gasteiger partial charge in [-0.25, -0.2) is 12.8 Å². The first kappa shape index (κ1) is 18.5. The molecule has 0 radical (unpaired) electrons. The number of hydrogen-bond acceptors (Lipinski definition) is 5. The van der Waals surface area contributed by atoms with Gasteiger partial charge < -0.3 is 14.4 Å². The van der Waals surface area contributed by atoms with Gasteiger partial charge in [-0.3, -0.25) is 0 Å². The molecular weight excluding hydrogens is 359 g/mol. The highest BCUT2D eigenvalue weighted by Crippen LogP contribution is 2.30. The lowest BCUT2D eigenvalue weighted by Crippen LogP contribution is -2.48. The number of ether oxygens (including phenoxy) is 2. The van der Waals surface area contributed by atoms with Crippen LogP contribution in [-0.2, 0) is 10.0 Å². The molecule has 0 atom stereocenters. The highest BCUT2D eigenvalue weighted by atomic mass is 32.2. The van der Waals surface area contributed by atoms with Gasteiger partial charge in [-0.1, -0.05) is 12.1 Å². The van der Waals surface area contributed by atoms with E-state index in [1.807, 2.05) is 24.3 Å². The van der Waals surface area contributed by atoms with Gasteiger partial charge in [0.2, 0.25) is 10.0 Å². The Hall–Kier alpha value is -2.32. The van der Waals surface area contributed by atoms with Gasteiger partial charge in [-0.05, 0) is 30.3 Å². The fourth-order valence-electron chi connectivity index (χ4n) is 3.02. The summed E-state index contributed by atoms with van der Waals surface area (Å²) < 4.78 is 51.0. The second-order valence-corrected chi connectivity index (χ2v) is 7.80. The van der Waals surface area contributed by atoms with Crippen molar-refractivity contribution in [3.05, 3.63) is 48.3 Å². The molecular formula is C18H21FN2O4S. The van der Waals surface area contributed by atoms with E-state index in [0.717, 1.165) is 17.5 Å². The quantitative estimate of drug-likeness (QED) is 0.797. The Kier molecular flexibility index (Phi) is 5.33. The van der Waals surface area contributed by atoms with Crippen molar-refractivity contribution in [1.82, 2.24) is 4.31 Å². The minimum absolute atomic E-state index is 0.0185. The van der Waals surface area contributed by atoms with Crippen molar-refractivity contribution in [2.24, 2.45) is 0 Å². The van der Waals surface area contributed by atoms with Gasteiger partial charge in [-0.2, -0.15) is 4.31 Å². The van der Waals surface area contributed by atoms with E-state index in [1.54, 1.807) is 7.11 Å². The summed E-state index contributed by atoms with van der Waals surface area (Å²) in [6, 6.07) is 11.3. The number of rotatable bonds is 5. The summed E-state index contributed by atoms with van der Waals surface area (Å²) in [7, 11) is -0.805. The van der Waals surface area contributed by atoms with Crippen molar-refractivity contribution in [3.8, 4) is 11.5 Å². The van der Waals surface area contributed by atoms with Gasteiger partial charge >= 0.3 is 0 Å². The Morgan fingerprint density at radius 3 is 2.19 bits per heavy atom. The Morgan fingerprint density at radius 1 is 0.923 bits per heavy atom. The number of benzene rings is 2. The van der Waals surface area contributed by atoms with Crippen LogP contribution in [0.4, 0.5) is 10.1 Å². The molecule has 1 aliphatic heterocycles. The summed E-state index contributed by atoms with van der Waals surface area (Å²) in [5, 5.41) is 0. The molecule has 8 heteroatoms. The number of anilines is 1. The van der Waals surface area contributed by atoms with Crippen molar-refractivity contribution < 1.29 is 22.3 Å². The van der Waals surface area contributed by atoms with E-state index in [0.29, 0.717) is 26.2 Å². The summed E-state index contributed by atoms with van der Waals surface area (Å²) in [5.74, 6) is 0.0761. The van der Waals surface area contributed by atoms with Crippen molar-refractivity contribution in [1.29, 1.82) is 0 Å². The zero-order valence-corrected chi connectivity index (χ0v) is 15.5. The minimum atomic E-state index is -3.75. The Bertz CT molecular complexity index is 881. The van der Waals surface area contributed by atoms with Gasteiger partial charge in [0.1, 0.15) is 5.75 Å². The second kappa shape index (κ2) is 7.51. The van der Waals surface area contributed by atoms with Crippen LogP contribution in [0.1, 0.15) is 0 Å². The summed E-state index contributed by atoms with van der Waals surface area (Å²) in [5.41, 5.74) is 0.933. The molecule has 1 fully saturated rings. The number of halogens is 1. The molecule has 1 heterocycles. The summed E-state index contributed by atoms with van der Waals surface area (Å²) in [6.07, 6.45) is 0. The van der Waals surface area contributed by atoms with Crippen molar-refractivity contribution >= 4 is 15.7 Å². The number of sulfonamides is 1. The first-order valence-electron chi connectivity index (χ1n) is 8.19. The molecule has 0 aliphatic carbocycles. The Balaban J connectivity index is 1.75. The summed E-state index contributed by atoms with van der Waals surface area (Å²) in [6.45, 7) is 1.68. The van der Waals surface area contributed by atoms with Crippen LogP contribution >= 0.6 is 0 Å². The van der Waals surface area contributed by atoms with Crippen LogP contribution in [0.5, 0.6) is 11.5 Å². The van der Waals surface area contributed by atoms with Crippen LogP contribution in [-0.4, -0.2) is 53.1 Å². The molecule has 0 amide bonds. The molecule has 2 aromatic rings. The van der Waals surface area contributed by atoms with Gasteiger partial charge in [0.25, 0.3) is 0 Å². The Labute approximate surface area is 152 Å². The van der Waals surface area contributed by atoms with E-state index in [4.69, 9.17) is 9.47 Å². The first-order valence-corrected chi connectivity index (χ1v) is 9.63. The molecule has 6 nitrogen and oxygen atoms in total. The smallest absolute Gasteiger partial charge is 0.243 e. The molecule has 1 saturated heterocycles. The summed E-state index contributed by atoms with van der Waals surface area (Å²) >= 11 is 0. The fraction of sp³-hybridized carbons (Fsp3) is 0.333. The molecule has 0 bridgehead atoms. The molecule has 0 aromatic heterocycles. The minimum Gasteiger partial charge on any atom is -0.495 e. The van der Waals surface area contributed by atoms with Crippen LogP contribution < -0.4 is 14.4 Å². The molecule has 0 spiro atoms. The van der Waals surface area contributed by atoms with Crippen LogP contribution in [0.25, 0.3) is 0 Å². The van der Waals surface area contributed by atoms with E-state index < -0.39 is 15.8 Å². The van der Waals surface area contributed by atoms with Crippen LogP contribution in [0.15, 0.2) is 47.4 Å². The third kappa shape index (κ3) is 3.47. The number of piperazine rings is 1. The molecule has 26 heavy (non-hydrogen) atoms. The standard InChI is InChI=1S/C18H21FN2O4S/c1-24-17-8-7-14(13-15(17)19)26(22,23)21-11-9-20(10-12-21)16-5-3-4-6-18(16)25-2/h3-8,13H,9-12H2,1-2H3. The van der Waals surface area contributed by atoms with Crippen LogP contribution in [0.3, 0.4) is 0 Å². The van der Waals surface area contributed by atoms with E-state index in [9.17, 15) is 12.8 Å². The largest absolute Gasteiger partial charge is 0.495 e. The maximum atomic E-state index is 13.9. The number of methoxy groups -OCH3 is 2. The summed E-state index contributed by atoms with van der Waals surface area (Å²) in [4.78, 5) is 2.01. The lowest BCUT2D eigenvalue weighted by Gasteiger charge is -2.35. The SMILES string of the molecule is COc1ccc(S(=O)(=O)N2CCN(c3ccccc3OC)CC2)cc1F. The van der Waals surface area contributed by atoms with E-state index >= 15 is 0 Å². The third-order valence-corrected chi connectivity index (χ3v) is 6.32. The predicted octanol–water partition coefficient (Wildman–Crippen LogP) is 2.35. The highest BCUT2D eigenvalue weighted by molar-refractivity contribution is 7.89. The molecule has 0 N–H and O–H groups in total. The van der Waals surface area contributed by atoms with E-state index in [2.05, 4.69) is 4.90 Å². The van der Waals surface area contributed by atoms with Crippen LogP contribution in [0, 0.1) is 5.82 Å². The molecule has 2 aromatic carbocycles. The monoisotopic (exact) mass is 380 g/mol. The van der Waals surface area contributed by atoms with Crippen molar-refractivity contribution in [2.45, 2.75) is 4.90 Å². The van der Waals surface area contributed by atoms with Gasteiger partial charge in [0, 0.05) is 26.2 Å². The first-order chi connectivity index (χ1) is 12.5. The normalized spacial score (nSPS) is 15.7. The van der Waals surface area contributed by atoms with E-state index in [1.165, 1.54) is 23.5 Å². The third-order valence-electron chi connectivity index (χ3n) is 4.43. The van der Waals surface area contributed by atoms with Gasteiger partial charge in [0.15, 0.2) is 11.6 Å². The molecule has 3 rings (SSSR count). The lowest BCUT2D eigenvalue weighted by molar-refractivity contribution is 0.376. The lowest BCUT2D eigenvalue weighted by atomic mass is 10.2. The van der Waals surface area contributed by atoms with E-state index in [-0.39, 0.29) is 10.6 Å². The molecule has 0 unspecified atom stereocenters. The Morgan fingerprint density at radius 2 is 1.58 bits per heavy atom. The predicted molar refractivity (Wildman–Crippen MR) is 96.9 cm³/mol. The zero-order valence-electron chi connectivity index (χ0n) is 14.7. The number of hydrogen-bond donors (Lipinski definition) is 0. The van der Waals surface area contributed by atoms with Crippen LogP contribution in [0.2, 0.25) is 0 Å². The van der Waals surface area contributed by atoms with Gasteiger partial charge in [-0.15, -0.1) is 0 Å². The number of para-hydroxylation sites is 2. The highest BCUT2D eigenvalue weighted by Gasteiger charge is 2.30. The van der Waals surface area contributed by atoms with Crippen molar-refractivity contribution in [2.75, 3.05) is 45.3 Å². The van der Waals surface area contributed by atoms with Crippen molar-refractivity contribution in [3.63, 3.8) is 0 Å². The van der Waals surface area contributed by atoms with Gasteiger partial charge in [0.05, 0.1) is 24.8 Å². The zero-order chi connectivity index (χ0) is 18.7. The molecule has 1 aliphatic rings. The second-order valence-electron chi connectivity index (χ2n) is 5.86. The molecule has 0 saturated carbocycles. The topological polar surface area (TPSA) is 59.1 Å². The maximum Gasteiger partial charge on any atom is 0.243 e. The fourth-order valence-corrected chi connectivity index (χ4v) is 4.45. The average Bonchev–Trinajstić information content (AvgIpc) is 2.68. The average molecular weight is 380 g/mol. The number of nitrogens with zero attached hydrogens (tertiary/aromatic N) is 2. The maximum absolute atomic E-state index is 13.9. The molecule has 140 valence electrons.